The molecule has 33 heavy (non-hydrogen) atoms. The van der Waals surface area contributed by atoms with Gasteiger partial charge in [-0.05, 0) is 52.9 Å². The maximum Gasteiger partial charge on any atom is 0.257 e. The summed E-state index contributed by atoms with van der Waals surface area (Å²) < 4.78 is 5.32. The van der Waals surface area contributed by atoms with Crippen molar-refractivity contribution < 1.29 is 9.53 Å². The molecule has 1 fully saturated rings. The Morgan fingerprint density at radius 1 is 1.00 bits per heavy atom. The molecule has 0 saturated heterocycles. The summed E-state index contributed by atoms with van der Waals surface area (Å²) in [6.45, 7) is 0.325. The number of fused-ring (bicyclic) bond motifs is 1. The van der Waals surface area contributed by atoms with Crippen molar-refractivity contribution in [1.82, 2.24) is 10.3 Å². The molecule has 0 radical (unpaired) electrons. The summed E-state index contributed by atoms with van der Waals surface area (Å²) in [4.78, 5) is 13.3. The van der Waals surface area contributed by atoms with Gasteiger partial charge in [-0.25, -0.2) is 5.01 Å². The van der Waals surface area contributed by atoms with Crippen LogP contribution in [0.25, 0.3) is 10.8 Å². The zero-order valence-corrected chi connectivity index (χ0v) is 19.2. The van der Waals surface area contributed by atoms with Crippen LogP contribution in [0.5, 0.6) is 5.75 Å². The summed E-state index contributed by atoms with van der Waals surface area (Å²) in [6.07, 6.45) is 6.79. The zero-order chi connectivity index (χ0) is 22.6. The van der Waals surface area contributed by atoms with Crippen molar-refractivity contribution >= 4 is 22.4 Å². The SMILES string of the molecule is COc1ccc([C@H]2CC(c3ccc4ccccc4c3)=NN2C(=O)CNC2CCCCC2)cc1. The van der Waals surface area contributed by atoms with Crippen molar-refractivity contribution in [1.29, 1.82) is 0 Å². The molecule has 5 rings (SSSR count). The van der Waals surface area contributed by atoms with E-state index < -0.39 is 0 Å². The fourth-order valence-corrected chi connectivity index (χ4v) is 4.99. The second kappa shape index (κ2) is 9.75. The number of hydrazone groups is 1. The highest BCUT2D eigenvalue weighted by molar-refractivity contribution is 6.05. The van der Waals surface area contributed by atoms with E-state index in [-0.39, 0.29) is 11.9 Å². The topological polar surface area (TPSA) is 53.9 Å². The molecule has 0 spiro atoms. The van der Waals surface area contributed by atoms with E-state index in [4.69, 9.17) is 9.84 Å². The molecule has 5 heteroatoms. The normalized spacial score (nSPS) is 19.0. The molecular formula is C28H31N3O2. The lowest BCUT2D eigenvalue weighted by Crippen LogP contribution is -2.40. The highest BCUT2D eigenvalue weighted by Gasteiger charge is 2.33. The molecule has 1 heterocycles. The monoisotopic (exact) mass is 441 g/mol. The number of hydrogen-bond donors (Lipinski definition) is 1. The molecule has 2 aliphatic rings. The maximum atomic E-state index is 13.3. The van der Waals surface area contributed by atoms with Crippen molar-refractivity contribution in [2.24, 2.45) is 5.10 Å². The van der Waals surface area contributed by atoms with Crippen LogP contribution in [-0.2, 0) is 4.79 Å². The fraction of sp³-hybridized carbons (Fsp3) is 0.357. The van der Waals surface area contributed by atoms with E-state index in [1.54, 1.807) is 12.1 Å². The first-order valence-corrected chi connectivity index (χ1v) is 12.0. The third-order valence-corrected chi connectivity index (χ3v) is 6.90. The third kappa shape index (κ3) is 4.79. The average Bonchev–Trinajstić information content (AvgIpc) is 3.33. The second-order valence-corrected chi connectivity index (χ2v) is 9.06. The lowest BCUT2D eigenvalue weighted by Gasteiger charge is -2.26. The van der Waals surface area contributed by atoms with Crippen molar-refractivity contribution in [3.8, 4) is 5.75 Å². The molecule has 1 saturated carbocycles. The molecule has 170 valence electrons. The number of amides is 1. The van der Waals surface area contributed by atoms with Gasteiger partial charge < -0.3 is 10.1 Å². The smallest absolute Gasteiger partial charge is 0.257 e. The zero-order valence-electron chi connectivity index (χ0n) is 19.2. The number of nitrogens with one attached hydrogen (secondary N) is 1. The molecular weight excluding hydrogens is 410 g/mol. The molecule has 3 aromatic rings. The van der Waals surface area contributed by atoms with Gasteiger partial charge in [-0.3, -0.25) is 4.79 Å². The molecule has 0 unspecified atom stereocenters. The minimum absolute atomic E-state index is 0.0252. The standard InChI is InChI=1S/C28H31N3O2/c1-33-25-15-13-21(14-16-25)27-18-26(23-12-11-20-7-5-6-8-22(20)17-23)30-31(27)28(32)19-29-24-9-3-2-4-10-24/h5-8,11-17,24,27,29H,2-4,9-10,18-19H2,1H3/t27-/m1/s1. The number of ether oxygens (including phenoxy) is 1. The van der Waals surface area contributed by atoms with Gasteiger partial charge in [-0.15, -0.1) is 0 Å². The highest BCUT2D eigenvalue weighted by Crippen LogP contribution is 2.34. The molecule has 1 N–H and O–H groups in total. The quantitative estimate of drug-likeness (QED) is 0.554. The van der Waals surface area contributed by atoms with E-state index >= 15 is 0 Å². The summed E-state index contributed by atoms with van der Waals surface area (Å²) in [6, 6.07) is 23.1. The average molecular weight is 442 g/mol. The van der Waals surface area contributed by atoms with Crippen LogP contribution in [-0.4, -0.2) is 36.3 Å². The number of rotatable bonds is 6. The number of nitrogens with zero attached hydrogens (tertiary/aromatic N) is 2. The number of carbonyl (C=O) groups excluding carboxylic acids is 1. The van der Waals surface area contributed by atoms with Gasteiger partial charge in [-0.1, -0.05) is 67.8 Å². The summed E-state index contributed by atoms with van der Waals surface area (Å²) in [5.41, 5.74) is 3.09. The van der Waals surface area contributed by atoms with E-state index in [9.17, 15) is 4.79 Å². The van der Waals surface area contributed by atoms with Gasteiger partial charge in [0.1, 0.15) is 5.75 Å². The van der Waals surface area contributed by atoms with E-state index in [0.29, 0.717) is 19.0 Å². The van der Waals surface area contributed by atoms with Crippen LogP contribution in [0.3, 0.4) is 0 Å². The third-order valence-electron chi connectivity index (χ3n) is 6.90. The number of benzene rings is 3. The van der Waals surface area contributed by atoms with E-state index in [0.717, 1.165) is 35.4 Å². The number of carbonyl (C=O) groups is 1. The minimum Gasteiger partial charge on any atom is -0.497 e. The second-order valence-electron chi connectivity index (χ2n) is 9.06. The molecule has 3 aromatic carbocycles. The van der Waals surface area contributed by atoms with Crippen molar-refractivity contribution in [2.75, 3.05) is 13.7 Å². The molecule has 0 bridgehead atoms. The minimum atomic E-state index is -0.113. The molecule has 0 aromatic heterocycles. The van der Waals surface area contributed by atoms with Gasteiger partial charge in [0.15, 0.2) is 0 Å². The van der Waals surface area contributed by atoms with Crippen molar-refractivity contribution in [3.63, 3.8) is 0 Å². The van der Waals surface area contributed by atoms with E-state index in [2.05, 4.69) is 47.8 Å². The van der Waals surface area contributed by atoms with Crippen LogP contribution in [0.1, 0.15) is 55.7 Å². The molecule has 5 nitrogen and oxygen atoms in total. The van der Waals surface area contributed by atoms with Gasteiger partial charge in [-0.2, -0.15) is 5.10 Å². The van der Waals surface area contributed by atoms with Crippen LogP contribution in [0, 0.1) is 0 Å². The summed E-state index contributed by atoms with van der Waals surface area (Å²) >= 11 is 0. The van der Waals surface area contributed by atoms with Crippen LogP contribution < -0.4 is 10.1 Å². The van der Waals surface area contributed by atoms with Crippen molar-refractivity contribution in [3.05, 3.63) is 77.9 Å². The van der Waals surface area contributed by atoms with E-state index in [1.807, 2.05) is 24.3 Å². The highest BCUT2D eigenvalue weighted by atomic mass is 16.5. The Morgan fingerprint density at radius 3 is 2.52 bits per heavy atom. The Kier molecular flexibility index (Phi) is 6.40. The summed E-state index contributed by atoms with van der Waals surface area (Å²) in [5.74, 6) is 0.835. The molecule has 1 aliphatic carbocycles. The first kappa shape index (κ1) is 21.7. The Hall–Kier alpha value is -3.18. The van der Waals surface area contributed by atoms with Gasteiger partial charge in [0.2, 0.25) is 0 Å². The van der Waals surface area contributed by atoms with Gasteiger partial charge in [0.05, 0.1) is 25.4 Å². The molecule has 1 amide bonds. The van der Waals surface area contributed by atoms with Crippen LogP contribution in [0.15, 0.2) is 71.8 Å². The number of hydrogen-bond acceptors (Lipinski definition) is 4. The van der Waals surface area contributed by atoms with Gasteiger partial charge >= 0.3 is 0 Å². The molecule has 1 aliphatic heterocycles. The largest absolute Gasteiger partial charge is 0.497 e. The lowest BCUT2D eigenvalue weighted by atomic mass is 9.95. The lowest BCUT2D eigenvalue weighted by molar-refractivity contribution is -0.132. The van der Waals surface area contributed by atoms with Gasteiger partial charge in [0, 0.05) is 12.5 Å². The Morgan fingerprint density at radius 2 is 1.76 bits per heavy atom. The number of methoxy groups -OCH3 is 1. The fourth-order valence-electron chi connectivity index (χ4n) is 4.99. The maximum absolute atomic E-state index is 13.3. The first-order valence-electron chi connectivity index (χ1n) is 12.0. The predicted molar refractivity (Wildman–Crippen MR) is 133 cm³/mol. The van der Waals surface area contributed by atoms with Crippen molar-refractivity contribution in [2.45, 2.75) is 50.6 Å². The first-order chi connectivity index (χ1) is 16.2. The predicted octanol–water partition coefficient (Wildman–Crippen LogP) is 5.45. The van der Waals surface area contributed by atoms with Crippen LogP contribution in [0.2, 0.25) is 0 Å². The Balaban J connectivity index is 1.40. The Labute approximate surface area is 195 Å². The summed E-state index contributed by atoms with van der Waals surface area (Å²) in [5, 5.41) is 12.4. The van der Waals surface area contributed by atoms with Gasteiger partial charge in [0.25, 0.3) is 5.91 Å². The summed E-state index contributed by atoms with van der Waals surface area (Å²) in [7, 11) is 1.66. The molecule has 1 atom stereocenters. The van der Waals surface area contributed by atoms with Crippen LogP contribution >= 0.6 is 0 Å². The van der Waals surface area contributed by atoms with E-state index in [1.165, 1.54) is 30.0 Å². The Bertz CT molecular complexity index is 1150. The van der Waals surface area contributed by atoms with Crippen LogP contribution in [0.4, 0.5) is 0 Å².